The molecule has 0 radical (unpaired) electrons. The van der Waals surface area contributed by atoms with Crippen LogP contribution in [0.25, 0.3) is 0 Å². The van der Waals surface area contributed by atoms with Crippen LogP contribution in [-0.4, -0.2) is 9.91 Å². The third-order valence-electron chi connectivity index (χ3n) is 2.33. The molecule has 0 aliphatic carbocycles. The summed E-state index contributed by atoms with van der Waals surface area (Å²) in [6.07, 6.45) is 0. The minimum atomic E-state index is -0.560. The van der Waals surface area contributed by atoms with Crippen molar-refractivity contribution in [3.63, 3.8) is 0 Å². The quantitative estimate of drug-likeness (QED) is 0.532. The monoisotopic (exact) mass is 311 g/mol. The Morgan fingerprint density at radius 1 is 1.44 bits per heavy atom. The largest absolute Gasteiger partial charge is 0.433 e. The van der Waals surface area contributed by atoms with Gasteiger partial charge in [-0.1, -0.05) is 0 Å². The molecule has 0 aliphatic rings. The fourth-order valence-electron chi connectivity index (χ4n) is 1.46. The van der Waals surface area contributed by atoms with Crippen molar-refractivity contribution < 1.29 is 9.34 Å². The van der Waals surface area contributed by atoms with Gasteiger partial charge in [0.15, 0.2) is 0 Å². The number of aromatic nitrogens is 1. The summed E-state index contributed by atoms with van der Waals surface area (Å²) in [5, 5.41) is 13.6. The first-order chi connectivity index (χ1) is 8.56. The van der Waals surface area contributed by atoms with Gasteiger partial charge in [-0.3, -0.25) is 10.1 Å². The van der Waals surface area contributed by atoms with Gasteiger partial charge in [-0.15, -0.1) is 0 Å². The van der Waals surface area contributed by atoms with Crippen LogP contribution in [0.3, 0.4) is 0 Å². The Bertz CT molecular complexity index is 583. The normalized spacial score (nSPS) is 10.3. The van der Waals surface area contributed by atoms with Gasteiger partial charge < -0.3 is 9.73 Å². The van der Waals surface area contributed by atoms with E-state index in [1.807, 2.05) is 19.1 Å². The average Bonchev–Trinajstić information content (AvgIpc) is 2.76. The van der Waals surface area contributed by atoms with E-state index in [1.54, 1.807) is 6.07 Å². The Labute approximate surface area is 111 Å². The molecular formula is C11H10BrN3O3. The Morgan fingerprint density at radius 2 is 2.22 bits per heavy atom. The molecule has 6 nitrogen and oxygen atoms in total. The minimum Gasteiger partial charge on any atom is -0.404 e. The van der Waals surface area contributed by atoms with E-state index in [0.29, 0.717) is 12.3 Å². The maximum Gasteiger partial charge on any atom is 0.433 e. The first-order valence-electron chi connectivity index (χ1n) is 5.16. The molecule has 0 saturated heterocycles. The van der Waals surface area contributed by atoms with Gasteiger partial charge in [0.25, 0.3) is 0 Å². The number of hydrogen-bond acceptors (Lipinski definition) is 5. The van der Waals surface area contributed by atoms with Crippen LogP contribution in [0, 0.1) is 17.0 Å². The smallest absolute Gasteiger partial charge is 0.404 e. The van der Waals surface area contributed by atoms with Crippen molar-refractivity contribution in [2.24, 2.45) is 0 Å². The number of halogens is 1. The predicted molar refractivity (Wildman–Crippen MR) is 69.4 cm³/mol. The zero-order chi connectivity index (χ0) is 13.1. The molecule has 0 atom stereocenters. The second-order valence-corrected chi connectivity index (χ2v) is 4.43. The maximum atomic E-state index is 10.5. The number of pyridine rings is 1. The standard InChI is InChI=1S/C11H10BrN3O3/c1-7-9(3-4-10(12)14-7)13-6-8-2-5-11(18-8)15(16)17/h2-5,13H,6H2,1H3. The summed E-state index contributed by atoms with van der Waals surface area (Å²) in [6.45, 7) is 2.25. The van der Waals surface area contributed by atoms with Crippen LogP contribution in [-0.2, 0) is 6.54 Å². The van der Waals surface area contributed by atoms with E-state index in [9.17, 15) is 10.1 Å². The number of nitrogens with zero attached hydrogens (tertiary/aromatic N) is 2. The molecule has 2 heterocycles. The topological polar surface area (TPSA) is 81.2 Å². The molecule has 0 aromatic carbocycles. The molecule has 0 amide bonds. The number of nitro groups is 1. The van der Waals surface area contributed by atoms with Gasteiger partial charge in [0.1, 0.15) is 15.3 Å². The van der Waals surface area contributed by atoms with Crippen LogP contribution in [0.5, 0.6) is 0 Å². The predicted octanol–water partition coefficient (Wildman–Crippen LogP) is 3.27. The number of hydrogen-bond donors (Lipinski definition) is 1. The molecule has 0 unspecified atom stereocenters. The summed E-state index contributed by atoms with van der Waals surface area (Å²) in [4.78, 5) is 14.1. The molecule has 2 rings (SSSR count). The Hall–Kier alpha value is -1.89. The van der Waals surface area contributed by atoms with Gasteiger partial charge >= 0.3 is 5.88 Å². The van der Waals surface area contributed by atoms with Crippen molar-refractivity contribution in [3.8, 4) is 0 Å². The first kappa shape index (κ1) is 12.6. The summed E-state index contributed by atoms with van der Waals surface area (Å²) in [5.74, 6) is 0.251. The number of furan rings is 1. The van der Waals surface area contributed by atoms with Gasteiger partial charge in [0, 0.05) is 0 Å². The molecule has 18 heavy (non-hydrogen) atoms. The molecule has 0 bridgehead atoms. The van der Waals surface area contributed by atoms with Crippen LogP contribution in [0.15, 0.2) is 33.3 Å². The van der Waals surface area contributed by atoms with E-state index in [4.69, 9.17) is 4.42 Å². The third-order valence-corrected chi connectivity index (χ3v) is 2.77. The summed E-state index contributed by atoms with van der Waals surface area (Å²) in [6, 6.07) is 6.61. The lowest BCUT2D eigenvalue weighted by molar-refractivity contribution is -0.402. The van der Waals surface area contributed by atoms with Crippen LogP contribution in [0.2, 0.25) is 0 Å². The average molecular weight is 312 g/mol. The third kappa shape index (κ3) is 2.86. The highest BCUT2D eigenvalue weighted by atomic mass is 79.9. The molecular weight excluding hydrogens is 302 g/mol. The van der Waals surface area contributed by atoms with Crippen molar-refractivity contribution >= 4 is 27.5 Å². The summed E-state index contributed by atoms with van der Waals surface area (Å²) in [5.41, 5.74) is 1.70. The Morgan fingerprint density at radius 3 is 2.83 bits per heavy atom. The fraction of sp³-hybridized carbons (Fsp3) is 0.182. The van der Waals surface area contributed by atoms with Crippen molar-refractivity contribution in [2.45, 2.75) is 13.5 Å². The van der Waals surface area contributed by atoms with Crippen LogP contribution < -0.4 is 5.32 Å². The number of nitrogens with one attached hydrogen (secondary N) is 1. The van der Waals surface area contributed by atoms with E-state index < -0.39 is 4.92 Å². The van der Waals surface area contributed by atoms with Crippen molar-refractivity contribution in [3.05, 3.63) is 50.4 Å². The molecule has 0 aliphatic heterocycles. The highest BCUT2D eigenvalue weighted by Crippen LogP contribution is 2.19. The van der Waals surface area contributed by atoms with Gasteiger partial charge in [0.2, 0.25) is 0 Å². The van der Waals surface area contributed by atoms with Gasteiger partial charge in [-0.2, -0.15) is 0 Å². The number of aryl methyl sites for hydroxylation is 1. The van der Waals surface area contributed by atoms with E-state index >= 15 is 0 Å². The zero-order valence-electron chi connectivity index (χ0n) is 9.51. The van der Waals surface area contributed by atoms with E-state index in [-0.39, 0.29) is 5.88 Å². The summed E-state index contributed by atoms with van der Waals surface area (Å²) < 4.78 is 5.80. The van der Waals surface area contributed by atoms with Gasteiger partial charge in [-0.05, 0) is 41.1 Å². The number of anilines is 1. The Balaban J connectivity index is 2.04. The second kappa shape index (κ2) is 5.18. The van der Waals surface area contributed by atoms with Crippen molar-refractivity contribution in [1.82, 2.24) is 4.98 Å². The second-order valence-electron chi connectivity index (χ2n) is 3.62. The lowest BCUT2D eigenvalue weighted by Crippen LogP contribution is -2.01. The molecule has 7 heteroatoms. The van der Waals surface area contributed by atoms with Crippen molar-refractivity contribution in [1.29, 1.82) is 0 Å². The molecule has 0 spiro atoms. The van der Waals surface area contributed by atoms with Crippen molar-refractivity contribution in [2.75, 3.05) is 5.32 Å². The SMILES string of the molecule is Cc1nc(Br)ccc1NCc1ccc([N+](=O)[O-])o1. The highest BCUT2D eigenvalue weighted by Gasteiger charge is 2.11. The minimum absolute atomic E-state index is 0.252. The fourth-order valence-corrected chi connectivity index (χ4v) is 1.86. The lowest BCUT2D eigenvalue weighted by atomic mass is 10.3. The van der Waals surface area contributed by atoms with Crippen LogP contribution in [0.1, 0.15) is 11.5 Å². The molecule has 0 saturated carbocycles. The zero-order valence-corrected chi connectivity index (χ0v) is 11.1. The Kier molecular flexibility index (Phi) is 3.61. The summed E-state index contributed by atoms with van der Waals surface area (Å²) in [7, 11) is 0. The van der Waals surface area contributed by atoms with E-state index in [0.717, 1.165) is 16.0 Å². The van der Waals surface area contributed by atoms with Crippen LogP contribution in [0.4, 0.5) is 11.6 Å². The molecule has 94 valence electrons. The van der Waals surface area contributed by atoms with Gasteiger partial charge in [-0.25, -0.2) is 4.98 Å². The molecule has 0 fully saturated rings. The number of rotatable bonds is 4. The highest BCUT2D eigenvalue weighted by molar-refractivity contribution is 9.10. The molecule has 2 aromatic rings. The van der Waals surface area contributed by atoms with E-state index in [1.165, 1.54) is 6.07 Å². The lowest BCUT2D eigenvalue weighted by Gasteiger charge is -2.07. The molecule has 1 N–H and O–H groups in total. The van der Waals surface area contributed by atoms with Gasteiger partial charge in [0.05, 0.1) is 24.0 Å². The van der Waals surface area contributed by atoms with Crippen LogP contribution >= 0.6 is 15.9 Å². The first-order valence-corrected chi connectivity index (χ1v) is 5.95. The molecule has 2 aromatic heterocycles. The maximum absolute atomic E-state index is 10.5. The summed E-state index contributed by atoms with van der Waals surface area (Å²) >= 11 is 3.28. The van der Waals surface area contributed by atoms with E-state index in [2.05, 4.69) is 26.2 Å².